The van der Waals surface area contributed by atoms with Crippen LogP contribution >= 0.6 is 0 Å². The van der Waals surface area contributed by atoms with Crippen molar-refractivity contribution in [2.24, 2.45) is 5.73 Å². The largest absolute Gasteiger partial charge is 0.381 e. The highest BCUT2D eigenvalue weighted by molar-refractivity contribution is 5.92. The SMILES string of the molecule is COC1CCN(CC(=O)Nc2cc(F)ccc2F)C(CN)C1. The number of likely N-dealkylation sites (tertiary alicyclic amines) is 1. The summed E-state index contributed by atoms with van der Waals surface area (Å²) in [4.78, 5) is 14.0. The molecule has 22 heavy (non-hydrogen) atoms. The van der Waals surface area contributed by atoms with E-state index in [1.165, 1.54) is 0 Å². The lowest BCUT2D eigenvalue weighted by Crippen LogP contribution is -2.51. The van der Waals surface area contributed by atoms with Gasteiger partial charge in [-0.25, -0.2) is 8.78 Å². The van der Waals surface area contributed by atoms with Crippen LogP contribution in [0.1, 0.15) is 12.8 Å². The summed E-state index contributed by atoms with van der Waals surface area (Å²) in [6, 6.07) is 3.00. The summed E-state index contributed by atoms with van der Waals surface area (Å²) in [5.41, 5.74) is 5.59. The van der Waals surface area contributed by atoms with E-state index in [0.29, 0.717) is 13.1 Å². The Bertz CT molecular complexity index is 528. The van der Waals surface area contributed by atoms with Crippen LogP contribution in [0.25, 0.3) is 0 Å². The highest BCUT2D eigenvalue weighted by atomic mass is 19.1. The van der Waals surface area contributed by atoms with Gasteiger partial charge in [0.25, 0.3) is 0 Å². The van der Waals surface area contributed by atoms with Gasteiger partial charge in [-0.15, -0.1) is 0 Å². The summed E-state index contributed by atoms with van der Waals surface area (Å²) in [5.74, 6) is -1.65. The van der Waals surface area contributed by atoms with E-state index in [9.17, 15) is 13.6 Å². The maximum Gasteiger partial charge on any atom is 0.238 e. The molecular formula is C15H21F2N3O2. The number of nitrogens with two attached hydrogens (primary N) is 1. The van der Waals surface area contributed by atoms with Crippen LogP contribution in [-0.4, -0.2) is 49.7 Å². The first-order valence-corrected chi connectivity index (χ1v) is 7.25. The summed E-state index contributed by atoms with van der Waals surface area (Å²) in [6.07, 6.45) is 1.72. The van der Waals surface area contributed by atoms with Gasteiger partial charge in [-0.2, -0.15) is 0 Å². The van der Waals surface area contributed by atoms with Crippen molar-refractivity contribution < 1.29 is 18.3 Å². The lowest BCUT2D eigenvalue weighted by atomic mass is 9.99. The molecule has 1 saturated heterocycles. The number of rotatable bonds is 5. The number of benzene rings is 1. The van der Waals surface area contributed by atoms with Crippen molar-refractivity contribution in [1.82, 2.24) is 4.90 Å². The molecule has 2 atom stereocenters. The molecule has 7 heteroatoms. The summed E-state index contributed by atoms with van der Waals surface area (Å²) >= 11 is 0. The minimum atomic E-state index is -0.664. The predicted molar refractivity (Wildman–Crippen MR) is 79.4 cm³/mol. The van der Waals surface area contributed by atoms with E-state index in [-0.39, 0.29) is 30.3 Å². The average Bonchev–Trinajstić information content (AvgIpc) is 2.51. The molecule has 3 N–H and O–H groups in total. The van der Waals surface area contributed by atoms with Crippen LogP contribution in [0.15, 0.2) is 18.2 Å². The Hall–Kier alpha value is -1.57. The van der Waals surface area contributed by atoms with Crippen molar-refractivity contribution in [2.75, 3.05) is 32.1 Å². The van der Waals surface area contributed by atoms with Gasteiger partial charge in [0.1, 0.15) is 11.6 Å². The molecular weight excluding hydrogens is 292 g/mol. The Morgan fingerprint density at radius 1 is 1.50 bits per heavy atom. The zero-order valence-electron chi connectivity index (χ0n) is 12.5. The molecule has 122 valence electrons. The first kappa shape index (κ1) is 16.8. The molecule has 2 rings (SSSR count). The van der Waals surface area contributed by atoms with Gasteiger partial charge in [-0.05, 0) is 25.0 Å². The number of methoxy groups -OCH3 is 1. The normalized spacial score (nSPS) is 22.5. The number of nitrogens with one attached hydrogen (secondary N) is 1. The molecule has 1 fully saturated rings. The Kier molecular flexibility index (Phi) is 5.82. The van der Waals surface area contributed by atoms with E-state index in [1.807, 2.05) is 4.90 Å². The van der Waals surface area contributed by atoms with E-state index < -0.39 is 11.6 Å². The number of halogens is 2. The highest BCUT2D eigenvalue weighted by Crippen LogP contribution is 2.20. The lowest BCUT2D eigenvalue weighted by Gasteiger charge is -2.37. The minimum absolute atomic E-state index is 0.0433. The fourth-order valence-electron chi connectivity index (χ4n) is 2.70. The Morgan fingerprint density at radius 3 is 2.95 bits per heavy atom. The number of amides is 1. The first-order chi connectivity index (χ1) is 10.5. The number of hydrogen-bond donors (Lipinski definition) is 2. The highest BCUT2D eigenvalue weighted by Gasteiger charge is 2.28. The molecule has 1 amide bonds. The number of carbonyl (C=O) groups excluding carboxylic acids is 1. The van der Waals surface area contributed by atoms with E-state index in [1.54, 1.807) is 7.11 Å². The van der Waals surface area contributed by atoms with Gasteiger partial charge in [0, 0.05) is 32.3 Å². The van der Waals surface area contributed by atoms with Crippen LogP contribution in [-0.2, 0) is 9.53 Å². The number of ether oxygens (including phenoxy) is 1. The second-order valence-corrected chi connectivity index (χ2v) is 5.41. The molecule has 0 spiro atoms. The minimum Gasteiger partial charge on any atom is -0.381 e. The van der Waals surface area contributed by atoms with Gasteiger partial charge in [0.15, 0.2) is 0 Å². The smallest absolute Gasteiger partial charge is 0.238 e. The number of piperidine rings is 1. The standard InChI is InChI=1S/C15H21F2N3O2/c1-22-12-4-5-20(11(7-12)8-18)9-15(21)19-14-6-10(16)2-3-13(14)17/h2-3,6,11-12H,4-5,7-9,18H2,1H3,(H,19,21). The molecule has 1 aromatic rings. The van der Waals surface area contributed by atoms with E-state index in [0.717, 1.165) is 31.0 Å². The third-order valence-corrected chi connectivity index (χ3v) is 3.94. The molecule has 0 aromatic heterocycles. The van der Waals surface area contributed by atoms with Crippen LogP contribution in [0, 0.1) is 11.6 Å². The summed E-state index contributed by atoms with van der Waals surface area (Å²) in [7, 11) is 1.66. The molecule has 2 unspecified atom stereocenters. The van der Waals surface area contributed by atoms with Gasteiger partial charge in [0.2, 0.25) is 5.91 Å². The molecule has 1 heterocycles. The fourth-order valence-corrected chi connectivity index (χ4v) is 2.70. The van der Waals surface area contributed by atoms with Gasteiger partial charge < -0.3 is 15.8 Å². The Labute approximate surface area is 128 Å². The third-order valence-electron chi connectivity index (χ3n) is 3.94. The number of carbonyl (C=O) groups is 1. The monoisotopic (exact) mass is 313 g/mol. The molecule has 1 aliphatic rings. The molecule has 0 radical (unpaired) electrons. The molecule has 0 saturated carbocycles. The molecule has 0 aliphatic carbocycles. The summed E-state index contributed by atoms with van der Waals surface area (Å²) < 4.78 is 31.9. The van der Waals surface area contributed by atoms with Gasteiger partial charge >= 0.3 is 0 Å². The van der Waals surface area contributed by atoms with Crippen LogP contribution in [0.4, 0.5) is 14.5 Å². The van der Waals surface area contributed by atoms with Crippen LogP contribution in [0.2, 0.25) is 0 Å². The molecule has 1 aromatic carbocycles. The third kappa shape index (κ3) is 4.22. The van der Waals surface area contributed by atoms with Crippen molar-refractivity contribution in [1.29, 1.82) is 0 Å². The lowest BCUT2D eigenvalue weighted by molar-refractivity contribution is -0.118. The first-order valence-electron chi connectivity index (χ1n) is 7.25. The second kappa shape index (κ2) is 7.62. The average molecular weight is 313 g/mol. The quantitative estimate of drug-likeness (QED) is 0.861. The number of nitrogens with zero attached hydrogens (tertiary/aromatic N) is 1. The summed E-state index contributed by atoms with van der Waals surface area (Å²) in [5, 5.41) is 2.40. The molecule has 5 nitrogen and oxygen atoms in total. The van der Waals surface area contributed by atoms with Gasteiger partial charge in [0.05, 0.1) is 18.3 Å². The predicted octanol–water partition coefficient (Wildman–Crippen LogP) is 1.34. The van der Waals surface area contributed by atoms with Crippen molar-refractivity contribution in [3.05, 3.63) is 29.8 Å². The van der Waals surface area contributed by atoms with Crippen LogP contribution < -0.4 is 11.1 Å². The van der Waals surface area contributed by atoms with Crippen molar-refractivity contribution in [3.8, 4) is 0 Å². The topological polar surface area (TPSA) is 67.6 Å². The molecule has 1 aliphatic heterocycles. The van der Waals surface area contributed by atoms with Crippen LogP contribution in [0.5, 0.6) is 0 Å². The fraction of sp³-hybridized carbons (Fsp3) is 0.533. The van der Waals surface area contributed by atoms with E-state index >= 15 is 0 Å². The maximum absolute atomic E-state index is 13.5. The Balaban J connectivity index is 1.95. The van der Waals surface area contributed by atoms with E-state index in [2.05, 4.69) is 5.32 Å². The molecule has 0 bridgehead atoms. The Morgan fingerprint density at radius 2 is 2.27 bits per heavy atom. The maximum atomic E-state index is 13.5. The van der Waals surface area contributed by atoms with Crippen molar-refractivity contribution in [2.45, 2.75) is 25.0 Å². The summed E-state index contributed by atoms with van der Waals surface area (Å²) in [6.45, 7) is 1.19. The van der Waals surface area contributed by atoms with Crippen molar-refractivity contribution >= 4 is 11.6 Å². The van der Waals surface area contributed by atoms with E-state index in [4.69, 9.17) is 10.5 Å². The van der Waals surface area contributed by atoms with Gasteiger partial charge in [-0.3, -0.25) is 9.69 Å². The zero-order valence-corrected chi connectivity index (χ0v) is 12.5. The number of hydrogen-bond acceptors (Lipinski definition) is 4. The second-order valence-electron chi connectivity index (χ2n) is 5.41. The van der Waals surface area contributed by atoms with Crippen LogP contribution in [0.3, 0.4) is 0 Å². The van der Waals surface area contributed by atoms with Gasteiger partial charge in [-0.1, -0.05) is 0 Å². The van der Waals surface area contributed by atoms with Crippen molar-refractivity contribution in [3.63, 3.8) is 0 Å². The number of anilines is 1. The zero-order chi connectivity index (χ0) is 16.1.